The van der Waals surface area contributed by atoms with E-state index in [9.17, 15) is 4.79 Å². The molecule has 1 saturated heterocycles. The Kier molecular flexibility index (Phi) is 3.38. The molecule has 0 aliphatic carbocycles. The first kappa shape index (κ1) is 12.4. The van der Waals surface area contributed by atoms with Crippen molar-refractivity contribution in [2.45, 2.75) is 32.4 Å². The summed E-state index contributed by atoms with van der Waals surface area (Å²) in [6.45, 7) is 3.69. The van der Waals surface area contributed by atoms with E-state index in [4.69, 9.17) is 0 Å². The molecule has 1 aliphatic rings. The third kappa shape index (κ3) is 2.56. The number of thiophene rings is 1. The third-order valence-corrected chi connectivity index (χ3v) is 4.25. The molecule has 19 heavy (non-hydrogen) atoms. The lowest BCUT2D eigenvalue weighted by Gasteiger charge is -2.24. The SMILES string of the molecule is Cc1cnn(C[C@@H]2CCCN2C(=O)c2ccsc2)c1. The highest BCUT2D eigenvalue weighted by atomic mass is 32.1. The Morgan fingerprint density at radius 2 is 2.47 bits per heavy atom. The maximum Gasteiger partial charge on any atom is 0.255 e. The van der Waals surface area contributed by atoms with E-state index in [0.29, 0.717) is 0 Å². The van der Waals surface area contributed by atoms with Crippen molar-refractivity contribution in [2.24, 2.45) is 0 Å². The molecule has 0 bridgehead atoms. The predicted octanol–water partition coefficient (Wildman–Crippen LogP) is 2.56. The molecule has 1 atom stereocenters. The summed E-state index contributed by atoms with van der Waals surface area (Å²) in [4.78, 5) is 14.4. The van der Waals surface area contributed by atoms with Gasteiger partial charge in [-0.15, -0.1) is 0 Å². The van der Waals surface area contributed by atoms with Crippen LogP contribution >= 0.6 is 11.3 Å². The van der Waals surface area contributed by atoms with Gasteiger partial charge in [0.15, 0.2) is 0 Å². The number of hydrogen-bond acceptors (Lipinski definition) is 3. The number of aryl methyl sites for hydroxylation is 1. The maximum atomic E-state index is 12.4. The summed E-state index contributed by atoms with van der Waals surface area (Å²) < 4.78 is 1.94. The normalized spacial score (nSPS) is 19.0. The highest BCUT2D eigenvalue weighted by Gasteiger charge is 2.29. The van der Waals surface area contributed by atoms with E-state index < -0.39 is 0 Å². The minimum atomic E-state index is 0.160. The average molecular weight is 275 g/mol. The molecule has 1 aliphatic heterocycles. The second kappa shape index (κ2) is 5.17. The van der Waals surface area contributed by atoms with Gasteiger partial charge in [0.1, 0.15) is 0 Å². The molecule has 1 amide bonds. The quantitative estimate of drug-likeness (QED) is 0.863. The van der Waals surface area contributed by atoms with Gasteiger partial charge < -0.3 is 4.90 Å². The molecule has 2 aromatic rings. The Morgan fingerprint density at radius 1 is 1.58 bits per heavy atom. The molecule has 100 valence electrons. The van der Waals surface area contributed by atoms with Crippen LogP contribution in [0.4, 0.5) is 0 Å². The number of rotatable bonds is 3. The molecular weight excluding hydrogens is 258 g/mol. The van der Waals surface area contributed by atoms with Gasteiger partial charge in [0.05, 0.1) is 24.3 Å². The number of nitrogens with zero attached hydrogens (tertiary/aromatic N) is 3. The highest BCUT2D eigenvalue weighted by Crippen LogP contribution is 2.22. The summed E-state index contributed by atoms with van der Waals surface area (Å²) in [5.41, 5.74) is 1.97. The van der Waals surface area contributed by atoms with Crippen LogP contribution in [0.3, 0.4) is 0 Å². The summed E-state index contributed by atoms with van der Waals surface area (Å²) in [5, 5.41) is 8.20. The van der Waals surface area contributed by atoms with Crippen molar-refractivity contribution < 1.29 is 4.79 Å². The van der Waals surface area contributed by atoms with Crippen LogP contribution in [-0.2, 0) is 6.54 Å². The largest absolute Gasteiger partial charge is 0.334 e. The Hall–Kier alpha value is -1.62. The second-order valence-corrected chi connectivity index (χ2v) is 5.83. The molecule has 4 nitrogen and oxygen atoms in total. The summed E-state index contributed by atoms with van der Waals surface area (Å²) in [7, 11) is 0. The van der Waals surface area contributed by atoms with E-state index in [1.807, 2.05) is 45.7 Å². The molecule has 0 spiro atoms. The molecule has 0 unspecified atom stereocenters. The van der Waals surface area contributed by atoms with Crippen molar-refractivity contribution in [3.05, 3.63) is 40.3 Å². The Balaban J connectivity index is 1.73. The zero-order valence-electron chi connectivity index (χ0n) is 11.0. The van der Waals surface area contributed by atoms with E-state index >= 15 is 0 Å². The van der Waals surface area contributed by atoms with Gasteiger partial charge in [-0.1, -0.05) is 0 Å². The molecule has 0 N–H and O–H groups in total. The molecule has 3 rings (SSSR count). The van der Waals surface area contributed by atoms with Gasteiger partial charge in [0, 0.05) is 18.1 Å². The van der Waals surface area contributed by atoms with Gasteiger partial charge in [-0.25, -0.2) is 0 Å². The highest BCUT2D eigenvalue weighted by molar-refractivity contribution is 7.08. The van der Waals surface area contributed by atoms with Gasteiger partial charge in [0.2, 0.25) is 0 Å². The van der Waals surface area contributed by atoms with Gasteiger partial charge in [-0.05, 0) is 36.8 Å². The number of likely N-dealkylation sites (tertiary alicyclic amines) is 1. The predicted molar refractivity (Wildman–Crippen MR) is 75.3 cm³/mol. The fraction of sp³-hybridized carbons (Fsp3) is 0.429. The van der Waals surface area contributed by atoms with Gasteiger partial charge >= 0.3 is 0 Å². The lowest BCUT2D eigenvalue weighted by atomic mass is 10.2. The lowest BCUT2D eigenvalue weighted by Crippen LogP contribution is -2.38. The Bertz CT molecular complexity index is 561. The Labute approximate surface area is 116 Å². The molecule has 3 heterocycles. The van der Waals surface area contributed by atoms with Crippen LogP contribution in [-0.4, -0.2) is 33.2 Å². The number of amides is 1. The summed E-state index contributed by atoms with van der Waals surface area (Å²) >= 11 is 1.57. The number of carbonyl (C=O) groups excluding carboxylic acids is 1. The topological polar surface area (TPSA) is 38.1 Å². The Morgan fingerprint density at radius 3 is 3.16 bits per heavy atom. The average Bonchev–Trinajstić information content (AvgIpc) is 3.10. The van der Waals surface area contributed by atoms with E-state index in [1.54, 1.807) is 11.3 Å². The van der Waals surface area contributed by atoms with Crippen molar-refractivity contribution in [3.8, 4) is 0 Å². The van der Waals surface area contributed by atoms with E-state index in [-0.39, 0.29) is 11.9 Å². The van der Waals surface area contributed by atoms with Crippen LogP contribution in [0.2, 0.25) is 0 Å². The molecule has 2 aromatic heterocycles. The first-order valence-electron chi connectivity index (χ1n) is 6.56. The standard InChI is InChI=1S/C14H17N3OS/c1-11-7-15-16(8-11)9-13-3-2-5-17(13)14(18)12-4-6-19-10-12/h4,6-8,10,13H,2-3,5,9H2,1H3/t13-/m0/s1. The van der Waals surface area contributed by atoms with Crippen molar-refractivity contribution in [1.82, 2.24) is 14.7 Å². The fourth-order valence-corrected chi connectivity index (χ4v) is 3.26. The third-order valence-electron chi connectivity index (χ3n) is 3.57. The van der Waals surface area contributed by atoms with Crippen molar-refractivity contribution in [1.29, 1.82) is 0 Å². The first-order valence-corrected chi connectivity index (χ1v) is 7.50. The molecular formula is C14H17N3OS. The molecule has 0 saturated carbocycles. The fourth-order valence-electron chi connectivity index (χ4n) is 2.63. The minimum absolute atomic E-state index is 0.160. The van der Waals surface area contributed by atoms with Gasteiger partial charge in [-0.2, -0.15) is 16.4 Å². The summed E-state index contributed by atoms with van der Waals surface area (Å²) in [6.07, 6.45) is 6.04. The zero-order valence-corrected chi connectivity index (χ0v) is 11.8. The number of aromatic nitrogens is 2. The smallest absolute Gasteiger partial charge is 0.255 e. The molecule has 5 heteroatoms. The second-order valence-electron chi connectivity index (χ2n) is 5.05. The van der Waals surface area contributed by atoms with Crippen molar-refractivity contribution >= 4 is 17.2 Å². The van der Waals surface area contributed by atoms with E-state index in [1.165, 1.54) is 0 Å². The maximum absolute atomic E-state index is 12.4. The minimum Gasteiger partial charge on any atom is -0.334 e. The first-order chi connectivity index (χ1) is 9.24. The summed E-state index contributed by atoms with van der Waals surface area (Å²) in [6, 6.07) is 2.17. The zero-order chi connectivity index (χ0) is 13.2. The monoisotopic (exact) mass is 275 g/mol. The van der Waals surface area contributed by atoms with Gasteiger partial charge in [0.25, 0.3) is 5.91 Å². The molecule has 0 aromatic carbocycles. The molecule has 0 radical (unpaired) electrons. The summed E-state index contributed by atoms with van der Waals surface area (Å²) in [5.74, 6) is 0.160. The number of carbonyl (C=O) groups is 1. The van der Waals surface area contributed by atoms with Crippen LogP contribution < -0.4 is 0 Å². The lowest BCUT2D eigenvalue weighted by molar-refractivity contribution is 0.0722. The van der Waals surface area contributed by atoms with Crippen LogP contribution in [0.15, 0.2) is 29.2 Å². The van der Waals surface area contributed by atoms with Crippen LogP contribution in [0.1, 0.15) is 28.8 Å². The van der Waals surface area contributed by atoms with E-state index in [0.717, 1.165) is 37.1 Å². The number of hydrogen-bond donors (Lipinski definition) is 0. The van der Waals surface area contributed by atoms with Crippen LogP contribution in [0.5, 0.6) is 0 Å². The van der Waals surface area contributed by atoms with E-state index in [2.05, 4.69) is 5.10 Å². The van der Waals surface area contributed by atoms with Crippen molar-refractivity contribution in [3.63, 3.8) is 0 Å². The molecule has 1 fully saturated rings. The van der Waals surface area contributed by atoms with Crippen LogP contribution in [0.25, 0.3) is 0 Å². The van der Waals surface area contributed by atoms with Crippen LogP contribution in [0, 0.1) is 6.92 Å². The van der Waals surface area contributed by atoms with Gasteiger partial charge in [-0.3, -0.25) is 9.48 Å². The van der Waals surface area contributed by atoms with Crippen molar-refractivity contribution in [2.75, 3.05) is 6.54 Å².